The van der Waals surface area contributed by atoms with Crippen molar-refractivity contribution in [2.45, 2.75) is 12.6 Å². The molecule has 0 spiro atoms. The van der Waals surface area contributed by atoms with Crippen LogP contribution in [0.25, 0.3) is 0 Å². The van der Waals surface area contributed by atoms with E-state index in [9.17, 15) is 13.2 Å². The second-order valence-corrected chi connectivity index (χ2v) is 4.75. The molecule has 0 radical (unpaired) electrons. The number of nitrogens with two attached hydrogens (primary N) is 1. The van der Waals surface area contributed by atoms with Gasteiger partial charge in [-0.25, -0.2) is 4.98 Å². The molecule has 19 heavy (non-hydrogen) atoms. The van der Waals surface area contributed by atoms with Crippen molar-refractivity contribution in [3.05, 3.63) is 40.1 Å². The lowest BCUT2D eigenvalue weighted by atomic mass is 10.2. The number of thiophene rings is 1. The van der Waals surface area contributed by atoms with Crippen LogP contribution in [0.2, 0.25) is 0 Å². The lowest BCUT2D eigenvalue weighted by molar-refractivity contribution is -0.137. The van der Waals surface area contributed by atoms with Gasteiger partial charge in [0.15, 0.2) is 0 Å². The summed E-state index contributed by atoms with van der Waals surface area (Å²) >= 11 is 1.58. The molecule has 0 saturated carbocycles. The number of anilines is 2. The first-order valence-electron chi connectivity index (χ1n) is 5.55. The fourth-order valence-corrected chi connectivity index (χ4v) is 2.28. The number of rotatable bonds is 4. The van der Waals surface area contributed by atoms with Gasteiger partial charge in [-0.05, 0) is 40.9 Å². The van der Waals surface area contributed by atoms with Crippen LogP contribution in [0.3, 0.4) is 0 Å². The van der Waals surface area contributed by atoms with Gasteiger partial charge in [0, 0.05) is 6.54 Å². The molecule has 0 fully saturated rings. The highest BCUT2D eigenvalue weighted by molar-refractivity contribution is 7.07. The summed E-state index contributed by atoms with van der Waals surface area (Å²) in [5, 5.41) is 6.80. The smallest absolute Gasteiger partial charge is 0.384 e. The molecule has 0 aliphatic heterocycles. The van der Waals surface area contributed by atoms with Crippen LogP contribution in [0, 0.1) is 0 Å². The molecule has 0 amide bonds. The molecule has 7 heteroatoms. The molecule has 2 rings (SSSR count). The average molecular weight is 287 g/mol. The number of nitrogens with zero attached hydrogens (tertiary/aromatic N) is 1. The van der Waals surface area contributed by atoms with Gasteiger partial charge in [0.2, 0.25) is 0 Å². The maximum absolute atomic E-state index is 12.6. The number of nitrogen functional groups attached to an aromatic ring is 1. The molecule has 2 aromatic rings. The standard InChI is InChI=1S/C12H12F3N3S/c13-12(14,15)9-5-10(16)18-11(6-9)17-3-1-8-2-4-19-7-8/h2,4-7H,1,3H2,(H3,16,17,18). The molecule has 0 aromatic carbocycles. The number of pyridine rings is 1. The topological polar surface area (TPSA) is 50.9 Å². The Bertz CT molecular complexity index is 538. The summed E-state index contributed by atoms with van der Waals surface area (Å²) in [6, 6.07) is 3.76. The van der Waals surface area contributed by atoms with Gasteiger partial charge in [0.25, 0.3) is 0 Å². The van der Waals surface area contributed by atoms with Crippen molar-refractivity contribution in [1.82, 2.24) is 4.98 Å². The van der Waals surface area contributed by atoms with Gasteiger partial charge in [0.05, 0.1) is 5.56 Å². The van der Waals surface area contributed by atoms with Crippen molar-refractivity contribution in [1.29, 1.82) is 0 Å². The Balaban J connectivity index is 2.02. The Labute approximate surface area is 112 Å². The lowest BCUT2D eigenvalue weighted by Crippen LogP contribution is -2.11. The van der Waals surface area contributed by atoms with Gasteiger partial charge < -0.3 is 11.1 Å². The molecular formula is C12H12F3N3S. The van der Waals surface area contributed by atoms with E-state index in [0.29, 0.717) is 6.54 Å². The van der Waals surface area contributed by atoms with Crippen molar-refractivity contribution in [3.8, 4) is 0 Å². The van der Waals surface area contributed by atoms with Gasteiger partial charge >= 0.3 is 6.18 Å². The van der Waals surface area contributed by atoms with Crippen LogP contribution in [0.1, 0.15) is 11.1 Å². The number of hydrogen-bond acceptors (Lipinski definition) is 4. The summed E-state index contributed by atoms with van der Waals surface area (Å²) in [4.78, 5) is 3.84. The first-order chi connectivity index (χ1) is 8.95. The van der Waals surface area contributed by atoms with Crippen LogP contribution in [0.5, 0.6) is 0 Å². The third-order valence-corrected chi connectivity index (χ3v) is 3.20. The van der Waals surface area contributed by atoms with E-state index in [4.69, 9.17) is 5.73 Å². The fourth-order valence-electron chi connectivity index (χ4n) is 1.58. The maximum Gasteiger partial charge on any atom is 0.416 e. The van der Waals surface area contributed by atoms with Crippen molar-refractivity contribution in [2.24, 2.45) is 0 Å². The molecule has 0 aliphatic carbocycles. The fraction of sp³-hybridized carbons (Fsp3) is 0.250. The highest BCUT2D eigenvalue weighted by atomic mass is 32.1. The van der Waals surface area contributed by atoms with E-state index in [2.05, 4.69) is 10.3 Å². The van der Waals surface area contributed by atoms with Crippen LogP contribution in [0.15, 0.2) is 29.0 Å². The Morgan fingerprint density at radius 2 is 2.11 bits per heavy atom. The minimum absolute atomic E-state index is 0.141. The van der Waals surface area contributed by atoms with Gasteiger partial charge in [-0.2, -0.15) is 24.5 Å². The summed E-state index contributed by atoms with van der Waals surface area (Å²) in [5.41, 5.74) is 5.72. The predicted octanol–water partition coefficient (Wildman–Crippen LogP) is 3.40. The first-order valence-corrected chi connectivity index (χ1v) is 6.49. The van der Waals surface area contributed by atoms with E-state index in [0.717, 1.165) is 24.1 Å². The third-order valence-electron chi connectivity index (χ3n) is 2.47. The number of halogens is 3. The second kappa shape index (κ2) is 5.48. The van der Waals surface area contributed by atoms with Crippen molar-refractivity contribution in [2.75, 3.05) is 17.6 Å². The summed E-state index contributed by atoms with van der Waals surface area (Å²) in [7, 11) is 0. The molecule has 3 nitrogen and oxygen atoms in total. The molecule has 0 bridgehead atoms. The highest BCUT2D eigenvalue weighted by Gasteiger charge is 2.31. The monoisotopic (exact) mass is 287 g/mol. The van der Waals surface area contributed by atoms with E-state index in [-0.39, 0.29) is 11.6 Å². The number of nitrogens with one attached hydrogen (secondary N) is 1. The summed E-state index contributed by atoms with van der Waals surface area (Å²) in [5.74, 6) is -0.00425. The molecule has 0 saturated heterocycles. The molecule has 2 aromatic heterocycles. The highest BCUT2D eigenvalue weighted by Crippen LogP contribution is 2.31. The molecular weight excluding hydrogens is 275 g/mol. The van der Waals surface area contributed by atoms with Crippen LogP contribution in [0.4, 0.5) is 24.8 Å². The van der Waals surface area contributed by atoms with Gasteiger partial charge in [-0.1, -0.05) is 0 Å². The number of aromatic nitrogens is 1. The molecule has 0 aliphatic rings. The second-order valence-electron chi connectivity index (χ2n) is 3.97. The minimum atomic E-state index is -4.42. The van der Waals surface area contributed by atoms with E-state index in [1.165, 1.54) is 0 Å². The van der Waals surface area contributed by atoms with Crippen LogP contribution in [-0.4, -0.2) is 11.5 Å². The number of alkyl halides is 3. The van der Waals surface area contributed by atoms with Gasteiger partial charge in [-0.3, -0.25) is 0 Å². The van der Waals surface area contributed by atoms with Gasteiger partial charge in [0.1, 0.15) is 11.6 Å². The van der Waals surface area contributed by atoms with Crippen molar-refractivity contribution < 1.29 is 13.2 Å². The largest absolute Gasteiger partial charge is 0.416 e. The Hall–Kier alpha value is -1.76. The van der Waals surface area contributed by atoms with Crippen molar-refractivity contribution in [3.63, 3.8) is 0 Å². The SMILES string of the molecule is Nc1cc(C(F)(F)F)cc(NCCc2ccsc2)n1. The minimum Gasteiger partial charge on any atom is -0.384 e. The van der Waals surface area contributed by atoms with Crippen molar-refractivity contribution >= 4 is 23.0 Å². The predicted molar refractivity (Wildman–Crippen MR) is 70.2 cm³/mol. The van der Waals surface area contributed by atoms with Crippen LogP contribution >= 0.6 is 11.3 Å². The summed E-state index contributed by atoms with van der Waals surface area (Å²) in [6.07, 6.45) is -3.69. The Morgan fingerprint density at radius 1 is 1.32 bits per heavy atom. The van der Waals surface area contributed by atoms with E-state index in [1.54, 1.807) is 11.3 Å². The van der Waals surface area contributed by atoms with Crippen LogP contribution in [-0.2, 0) is 12.6 Å². The summed E-state index contributed by atoms with van der Waals surface area (Å²) < 4.78 is 37.8. The molecule has 102 valence electrons. The Morgan fingerprint density at radius 3 is 2.74 bits per heavy atom. The Kier molecular flexibility index (Phi) is 3.94. The third kappa shape index (κ3) is 3.85. The van der Waals surface area contributed by atoms with E-state index < -0.39 is 11.7 Å². The molecule has 0 unspecified atom stereocenters. The number of hydrogen-bond donors (Lipinski definition) is 2. The lowest BCUT2D eigenvalue weighted by Gasteiger charge is -2.11. The molecule has 3 N–H and O–H groups in total. The molecule has 0 atom stereocenters. The normalized spacial score (nSPS) is 11.5. The molecule has 2 heterocycles. The summed E-state index contributed by atoms with van der Waals surface area (Å²) in [6.45, 7) is 0.504. The van der Waals surface area contributed by atoms with E-state index in [1.807, 2.05) is 16.8 Å². The zero-order chi connectivity index (χ0) is 13.9. The first kappa shape index (κ1) is 13.7. The zero-order valence-electron chi connectivity index (χ0n) is 9.87. The maximum atomic E-state index is 12.6. The van der Waals surface area contributed by atoms with E-state index >= 15 is 0 Å². The van der Waals surface area contributed by atoms with Crippen LogP contribution < -0.4 is 11.1 Å². The zero-order valence-corrected chi connectivity index (χ0v) is 10.7. The van der Waals surface area contributed by atoms with Gasteiger partial charge in [-0.15, -0.1) is 0 Å². The quantitative estimate of drug-likeness (QED) is 0.906. The average Bonchev–Trinajstić information content (AvgIpc) is 2.80.